The molecule has 0 aromatic heterocycles. The lowest BCUT2D eigenvalue weighted by atomic mass is 10.2. The number of hydrogen-bond acceptors (Lipinski definition) is 4. The van der Waals surface area contributed by atoms with E-state index in [1.165, 1.54) is 24.3 Å². The zero-order chi connectivity index (χ0) is 12.1. The molecule has 1 aromatic carbocycles. The van der Waals surface area contributed by atoms with Crippen LogP contribution < -0.4 is 5.32 Å². The van der Waals surface area contributed by atoms with Crippen molar-refractivity contribution < 1.29 is 24.9 Å². The van der Waals surface area contributed by atoms with E-state index in [2.05, 4.69) is 5.32 Å². The fraction of sp³-hybridized carbons (Fsp3) is 0.200. The van der Waals surface area contributed by atoms with Gasteiger partial charge in [-0.2, -0.15) is 0 Å². The maximum atomic E-state index is 11.5. The first-order chi connectivity index (χ1) is 7.54. The Kier molecular flexibility index (Phi) is 3.84. The summed E-state index contributed by atoms with van der Waals surface area (Å²) >= 11 is 0. The smallest absolute Gasteiger partial charge is 0.328 e. The van der Waals surface area contributed by atoms with Crippen molar-refractivity contribution in [3.05, 3.63) is 29.8 Å². The van der Waals surface area contributed by atoms with E-state index in [1.54, 1.807) is 0 Å². The van der Waals surface area contributed by atoms with Crippen LogP contribution in [0.3, 0.4) is 0 Å². The van der Waals surface area contributed by atoms with Gasteiger partial charge in [-0.3, -0.25) is 4.79 Å². The molecular formula is C10H11NO5. The number of amides is 1. The second-order valence-corrected chi connectivity index (χ2v) is 3.09. The maximum Gasteiger partial charge on any atom is 0.328 e. The molecular weight excluding hydrogens is 214 g/mol. The van der Waals surface area contributed by atoms with Crippen LogP contribution in [0.2, 0.25) is 0 Å². The van der Waals surface area contributed by atoms with E-state index < -0.39 is 24.5 Å². The number of carbonyl (C=O) groups excluding carboxylic acids is 1. The van der Waals surface area contributed by atoms with E-state index in [1.807, 2.05) is 0 Å². The summed E-state index contributed by atoms with van der Waals surface area (Å²) in [6, 6.07) is 3.98. The molecule has 0 saturated heterocycles. The number of carboxylic acid groups (broad SMARTS) is 1. The minimum absolute atomic E-state index is 0.00786. The average molecular weight is 225 g/mol. The van der Waals surface area contributed by atoms with Crippen molar-refractivity contribution in [1.82, 2.24) is 5.32 Å². The van der Waals surface area contributed by atoms with E-state index in [0.29, 0.717) is 0 Å². The van der Waals surface area contributed by atoms with Crippen molar-refractivity contribution in [3.63, 3.8) is 0 Å². The highest BCUT2D eigenvalue weighted by Gasteiger charge is 2.19. The Morgan fingerprint density at radius 1 is 1.25 bits per heavy atom. The van der Waals surface area contributed by atoms with Crippen molar-refractivity contribution in [2.24, 2.45) is 0 Å². The van der Waals surface area contributed by atoms with E-state index in [0.717, 1.165) is 0 Å². The predicted molar refractivity (Wildman–Crippen MR) is 54.1 cm³/mol. The summed E-state index contributed by atoms with van der Waals surface area (Å²) in [4.78, 5) is 22.0. The minimum atomic E-state index is -1.33. The number of nitrogens with one attached hydrogen (secondary N) is 1. The molecule has 1 atom stereocenters. The lowest BCUT2D eigenvalue weighted by Gasteiger charge is -2.11. The highest BCUT2D eigenvalue weighted by atomic mass is 16.4. The van der Waals surface area contributed by atoms with Gasteiger partial charge >= 0.3 is 5.97 Å². The van der Waals surface area contributed by atoms with Gasteiger partial charge in [-0.15, -0.1) is 0 Å². The highest BCUT2D eigenvalue weighted by molar-refractivity contribution is 5.96. The number of rotatable bonds is 4. The Balaban J connectivity index is 2.71. The summed E-state index contributed by atoms with van der Waals surface area (Å²) in [5.74, 6) is -1.93. The molecule has 6 nitrogen and oxygen atoms in total. The van der Waals surface area contributed by atoms with Crippen molar-refractivity contribution >= 4 is 11.9 Å². The molecule has 0 saturated carbocycles. The Morgan fingerprint density at radius 2 is 1.81 bits per heavy atom. The SMILES string of the molecule is O=C(N[C@@H](CO)C(=O)O)c1ccc(O)cc1. The lowest BCUT2D eigenvalue weighted by Crippen LogP contribution is -2.43. The molecule has 1 aromatic rings. The molecule has 0 bridgehead atoms. The van der Waals surface area contributed by atoms with Crippen LogP contribution in [0.25, 0.3) is 0 Å². The van der Waals surface area contributed by atoms with Crippen molar-refractivity contribution in [1.29, 1.82) is 0 Å². The average Bonchev–Trinajstić information content (AvgIpc) is 2.26. The third-order valence-electron chi connectivity index (χ3n) is 1.92. The number of phenolic OH excluding ortho intramolecular Hbond substituents is 1. The number of carboxylic acids is 1. The Hall–Kier alpha value is -2.08. The molecule has 1 amide bonds. The molecule has 6 heteroatoms. The first-order valence-electron chi connectivity index (χ1n) is 4.48. The highest BCUT2D eigenvalue weighted by Crippen LogP contribution is 2.09. The summed E-state index contributed by atoms with van der Waals surface area (Å²) in [6.07, 6.45) is 0. The number of aliphatic hydroxyl groups excluding tert-OH is 1. The normalized spacial score (nSPS) is 11.8. The molecule has 0 aliphatic heterocycles. The van der Waals surface area contributed by atoms with Crippen molar-refractivity contribution in [2.45, 2.75) is 6.04 Å². The van der Waals surface area contributed by atoms with Gasteiger partial charge in [0.25, 0.3) is 5.91 Å². The number of hydrogen-bond donors (Lipinski definition) is 4. The molecule has 0 aliphatic carbocycles. The second kappa shape index (κ2) is 5.13. The molecule has 0 aliphatic rings. The van der Waals surface area contributed by atoms with Gasteiger partial charge in [0.2, 0.25) is 0 Å². The third-order valence-corrected chi connectivity index (χ3v) is 1.92. The van der Waals surface area contributed by atoms with Gasteiger partial charge < -0.3 is 20.6 Å². The predicted octanol–water partition coefficient (Wildman–Crippen LogP) is -0.433. The number of aliphatic hydroxyl groups is 1. The minimum Gasteiger partial charge on any atom is -0.508 e. The van der Waals surface area contributed by atoms with Crippen LogP contribution in [0.15, 0.2) is 24.3 Å². The monoisotopic (exact) mass is 225 g/mol. The van der Waals surface area contributed by atoms with Crippen LogP contribution in [0.5, 0.6) is 5.75 Å². The lowest BCUT2D eigenvalue weighted by molar-refractivity contribution is -0.140. The Labute approximate surface area is 91.1 Å². The van der Waals surface area contributed by atoms with E-state index in [4.69, 9.17) is 15.3 Å². The van der Waals surface area contributed by atoms with Crippen LogP contribution in [-0.4, -0.2) is 39.8 Å². The quantitative estimate of drug-likeness (QED) is 0.556. The summed E-state index contributed by atoms with van der Waals surface area (Å²) in [7, 11) is 0. The number of phenols is 1. The molecule has 0 heterocycles. The van der Waals surface area contributed by atoms with Gasteiger partial charge in [-0.05, 0) is 24.3 Å². The summed E-state index contributed by atoms with van der Waals surface area (Å²) in [6.45, 7) is -0.681. The van der Waals surface area contributed by atoms with Gasteiger partial charge in [0, 0.05) is 5.56 Å². The van der Waals surface area contributed by atoms with E-state index in [9.17, 15) is 9.59 Å². The van der Waals surface area contributed by atoms with Gasteiger partial charge in [0.1, 0.15) is 5.75 Å². The second-order valence-electron chi connectivity index (χ2n) is 3.09. The van der Waals surface area contributed by atoms with Gasteiger partial charge in [-0.1, -0.05) is 0 Å². The topological polar surface area (TPSA) is 107 Å². The standard InChI is InChI=1S/C10H11NO5/c12-5-8(10(15)16)11-9(14)6-1-3-7(13)4-2-6/h1-4,8,12-13H,5H2,(H,11,14)(H,15,16)/t8-/m0/s1. The van der Waals surface area contributed by atoms with Crippen LogP contribution in [-0.2, 0) is 4.79 Å². The number of aromatic hydroxyl groups is 1. The van der Waals surface area contributed by atoms with E-state index >= 15 is 0 Å². The molecule has 86 valence electrons. The molecule has 4 N–H and O–H groups in total. The van der Waals surface area contributed by atoms with Crippen molar-refractivity contribution in [2.75, 3.05) is 6.61 Å². The van der Waals surface area contributed by atoms with Gasteiger partial charge in [0.05, 0.1) is 6.61 Å². The summed E-state index contributed by atoms with van der Waals surface area (Å²) < 4.78 is 0. The Morgan fingerprint density at radius 3 is 2.25 bits per heavy atom. The zero-order valence-electron chi connectivity index (χ0n) is 8.25. The zero-order valence-corrected chi connectivity index (χ0v) is 8.25. The summed E-state index contributed by atoms with van der Waals surface area (Å²) in [5.41, 5.74) is 0.206. The maximum absolute atomic E-state index is 11.5. The molecule has 16 heavy (non-hydrogen) atoms. The molecule has 0 spiro atoms. The first-order valence-corrected chi connectivity index (χ1v) is 4.48. The molecule has 0 unspecified atom stereocenters. The van der Waals surface area contributed by atoms with E-state index in [-0.39, 0.29) is 11.3 Å². The molecule has 1 rings (SSSR count). The van der Waals surface area contributed by atoms with Crippen LogP contribution in [0.1, 0.15) is 10.4 Å². The molecule has 0 fully saturated rings. The fourth-order valence-corrected chi connectivity index (χ4v) is 1.04. The van der Waals surface area contributed by atoms with Crippen molar-refractivity contribution in [3.8, 4) is 5.75 Å². The van der Waals surface area contributed by atoms with Crippen LogP contribution in [0.4, 0.5) is 0 Å². The number of carbonyl (C=O) groups is 2. The number of benzene rings is 1. The first kappa shape index (κ1) is 12.0. The van der Waals surface area contributed by atoms with Crippen LogP contribution >= 0.6 is 0 Å². The van der Waals surface area contributed by atoms with Gasteiger partial charge in [-0.25, -0.2) is 4.79 Å². The summed E-state index contributed by atoms with van der Waals surface area (Å²) in [5, 5.41) is 28.4. The number of aliphatic carboxylic acids is 1. The van der Waals surface area contributed by atoms with Gasteiger partial charge in [0.15, 0.2) is 6.04 Å². The fourth-order valence-electron chi connectivity index (χ4n) is 1.04. The largest absolute Gasteiger partial charge is 0.508 e. The Bertz CT molecular complexity index is 387. The third kappa shape index (κ3) is 2.96. The molecule has 0 radical (unpaired) electrons. The van der Waals surface area contributed by atoms with Crippen LogP contribution in [0, 0.1) is 0 Å².